The van der Waals surface area contributed by atoms with Gasteiger partial charge in [0, 0.05) is 37.7 Å². The van der Waals surface area contributed by atoms with Crippen LogP contribution < -0.4 is 0 Å². The Hall–Kier alpha value is -1.83. The van der Waals surface area contributed by atoms with Crippen LogP contribution in [-0.4, -0.2) is 61.5 Å². The SMILES string of the molecule is CS(=O)(=O)CCN1CCC2(CC1)OCCc1cnc(-c3ccccc3)nc12. The summed E-state index contributed by atoms with van der Waals surface area (Å²) in [5, 5.41) is 0. The molecule has 0 radical (unpaired) electrons. The minimum Gasteiger partial charge on any atom is -0.368 e. The van der Waals surface area contributed by atoms with E-state index in [0.29, 0.717) is 13.2 Å². The van der Waals surface area contributed by atoms with E-state index >= 15 is 0 Å². The molecule has 0 aliphatic carbocycles. The molecule has 144 valence electrons. The van der Waals surface area contributed by atoms with E-state index in [9.17, 15) is 8.42 Å². The van der Waals surface area contributed by atoms with Gasteiger partial charge >= 0.3 is 0 Å². The Balaban J connectivity index is 1.56. The molecule has 27 heavy (non-hydrogen) atoms. The number of nitrogens with zero attached hydrogens (tertiary/aromatic N) is 3. The van der Waals surface area contributed by atoms with Crippen LogP contribution in [-0.2, 0) is 26.6 Å². The topological polar surface area (TPSA) is 72.4 Å². The zero-order chi connectivity index (χ0) is 18.9. The maximum absolute atomic E-state index is 11.4. The predicted octanol–water partition coefficient (Wildman–Crippen LogP) is 2.05. The molecule has 0 amide bonds. The number of fused-ring (bicyclic) bond motifs is 2. The minimum absolute atomic E-state index is 0.206. The summed E-state index contributed by atoms with van der Waals surface area (Å²) >= 11 is 0. The fourth-order valence-corrected chi connectivity index (χ4v) is 4.54. The molecular weight excluding hydrogens is 362 g/mol. The van der Waals surface area contributed by atoms with Crippen molar-refractivity contribution in [2.75, 3.05) is 38.2 Å². The first-order valence-electron chi connectivity index (χ1n) is 9.41. The van der Waals surface area contributed by atoms with E-state index in [4.69, 9.17) is 9.72 Å². The molecule has 0 saturated carbocycles. The summed E-state index contributed by atoms with van der Waals surface area (Å²) in [5.74, 6) is 0.941. The van der Waals surface area contributed by atoms with Gasteiger partial charge in [0.1, 0.15) is 15.4 Å². The maximum atomic E-state index is 11.4. The monoisotopic (exact) mass is 387 g/mol. The van der Waals surface area contributed by atoms with Crippen LogP contribution in [0.2, 0.25) is 0 Å². The summed E-state index contributed by atoms with van der Waals surface area (Å²) in [7, 11) is -2.94. The van der Waals surface area contributed by atoms with E-state index in [1.807, 2.05) is 36.5 Å². The molecule has 6 nitrogen and oxygen atoms in total. The van der Waals surface area contributed by atoms with Crippen LogP contribution in [0, 0.1) is 0 Å². The molecule has 0 atom stereocenters. The number of benzene rings is 1. The lowest BCUT2D eigenvalue weighted by Crippen LogP contribution is -2.48. The first kappa shape index (κ1) is 18.5. The van der Waals surface area contributed by atoms with Gasteiger partial charge in [0.15, 0.2) is 5.82 Å². The fourth-order valence-electron chi connectivity index (χ4n) is 3.95. The Labute approximate surface area is 160 Å². The predicted molar refractivity (Wildman–Crippen MR) is 104 cm³/mol. The third-order valence-electron chi connectivity index (χ3n) is 5.52. The van der Waals surface area contributed by atoms with Crippen LogP contribution in [0.3, 0.4) is 0 Å². The van der Waals surface area contributed by atoms with Crippen LogP contribution in [0.5, 0.6) is 0 Å². The van der Waals surface area contributed by atoms with Gasteiger partial charge in [-0.2, -0.15) is 0 Å². The lowest BCUT2D eigenvalue weighted by atomic mass is 9.83. The third-order valence-corrected chi connectivity index (χ3v) is 6.44. The maximum Gasteiger partial charge on any atom is 0.159 e. The molecule has 0 N–H and O–H groups in total. The molecule has 1 spiro atoms. The first-order chi connectivity index (χ1) is 13.0. The molecule has 1 aromatic carbocycles. The van der Waals surface area contributed by atoms with Crippen molar-refractivity contribution in [2.24, 2.45) is 0 Å². The Morgan fingerprint density at radius 1 is 1.19 bits per heavy atom. The van der Waals surface area contributed by atoms with Gasteiger partial charge in [0.05, 0.1) is 18.1 Å². The Morgan fingerprint density at radius 3 is 2.63 bits per heavy atom. The highest BCUT2D eigenvalue weighted by molar-refractivity contribution is 7.90. The number of hydrogen-bond donors (Lipinski definition) is 0. The molecule has 2 aromatic rings. The average molecular weight is 388 g/mol. The molecular formula is C20H25N3O3S. The van der Waals surface area contributed by atoms with E-state index in [1.54, 1.807) is 0 Å². The first-order valence-corrected chi connectivity index (χ1v) is 11.5. The van der Waals surface area contributed by atoms with Gasteiger partial charge in [0.2, 0.25) is 0 Å². The Kier molecular flexibility index (Phi) is 5.01. The molecule has 2 aliphatic rings. The summed E-state index contributed by atoms with van der Waals surface area (Å²) < 4.78 is 29.2. The van der Waals surface area contributed by atoms with Crippen molar-refractivity contribution in [3.63, 3.8) is 0 Å². The number of sulfone groups is 1. The molecule has 0 unspecified atom stereocenters. The van der Waals surface area contributed by atoms with Crippen LogP contribution in [0.15, 0.2) is 36.5 Å². The lowest BCUT2D eigenvalue weighted by molar-refractivity contribution is -0.100. The highest BCUT2D eigenvalue weighted by Crippen LogP contribution is 2.40. The van der Waals surface area contributed by atoms with E-state index < -0.39 is 9.84 Å². The van der Waals surface area contributed by atoms with Crippen molar-refractivity contribution < 1.29 is 13.2 Å². The quantitative estimate of drug-likeness (QED) is 0.800. The van der Waals surface area contributed by atoms with Crippen LogP contribution in [0.25, 0.3) is 11.4 Å². The third kappa shape index (κ3) is 4.05. The molecule has 0 bridgehead atoms. The summed E-state index contributed by atoms with van der Waals surface area (Å²) in [4.78, 5) is 11.7. The number of aromatic nitrogens is 2. The van der Waals surface area contributed by atoms with E-state index in [2.05, 4.69) is 9.88 Å². The van der Waals surface area contributed by atoms with Crippen LogP contribution >= 0.6 is 0 Å². The van der Waals surface area contributed by atoms with Crippen molar-refractivity contribution in [1.29, 1.82) is 0 Å². The van der Waals surface area contributed by atoms with Gasteiger partial charge in [-0.3, -0.25) is 0 Å². The average Bonchev–Trinajstić information content (AvgIpc) is 2.68. The normalized spacial score (nSPS) is 19.7. The number of rotatable bonds is 4. The zero-order valence-electron chi connectivity index (χ0n) is 15.6. The highest BCUT2D eigenvalue weighted by atomic mass is 32.2. The number of likely N-dealkylation sites (tertiary alicyclic amines) is 1. The second kappa shape index (κ2) is 7.30. The molecule has 1 fully saturated rings. The van der Waals surface area contributed by atoms with Gasteiger partial charge in [-0.15, -0.1) is 0 Å². The Morgan fingerprint density at radius 2 is 1.93 bits per heavy atom. The smallest absolute Gasteiger partial charge is 0.159 e. The van der Waals surface area contributed by atoms with Gasteiger partial charge < -0.3 is 9.64 Å². The highest BCUT2D eigenvalue weighted by Gasteiger charge is 2.42. The summed E-state index contributed by atoms with van der Waals surface area (Å²) in [6.07, 6.45) is 5.74. The summed E-state index contributed by atoms with van der Waals surface area (Å²) in [6.45, 7) is 2.91. The summed E-state index contributed by atoms with van der Waals surface area (Å²) in [5.41, 5.74) is 2.82. The molecule has 1 saturated heterocycles. The van der Waals surface area contributed by atoms with Crippen molar-refractivity contribution in [3.8, 4) is 11.4 Å². The standard InChI is InChI=1S/C20H25N3O3S/c1-27(24,25)14-12-23-10-8-20(9-11-23)18-17(7-13-26-20)15-21-19(22-18)16-5-3-2-4-6-16/h2-6,15H,7-14H2,1H3. The molecule has 3 heterocycles. The van der Waals surface area contributed by atoms with E-state index in [0.717, 1.165) is 49.4 Å². The van der Waals surface area contributed by atoms with Crippen molar-refractivity contribution in [3.05, 3.63) is 47.8 Å². The van der Waals surface area contributed by atoms with Gasteiger partial charge in [-0.1, -0.05) is 30.3 Å². The number of hydrogen-bond acceptors (Lipinski definition) is 6. The number of ether oxygens (including phenoxy) is 1. The second-order valence-corrected chi connectivity index (χ2v) is 9.76. The van der Waals surface area contributed by atoms with Crippen molar-refractivity contribution >= 4 is 9.84 Å². The van der Waals surface area contributed by atoms with Crippen molar-refractivity contribution in [2.45, 2.75) is 24.9 Å². The molecule has 2 aliphatic heterocycles. The molecule has 1 aromatic heterocycles. The second-order valence-electron chi connectivity index (χ2n) is 7.50. The zero-order valence-corrected chi connectivity index (χ0v) is 16.4. The largest absolute Gasteiger partial charge is 0.368 e. The minimum atomic E-state index is -2.94. The van der Waals surface area contributed by atoms with Crippen molar-refractivity contribution in [1.82, 2.24) is 14.9 Å². The Bertz CT molecular complexity index is 907. The van der Waals surface area contributed by atoms with Crippen LogP contribution in [0.1, 0.15) is 24.1 Å². The van der Waals surface area contributed by atoms with Crippen LogP contribution in [0.4, 0.5) is 0 Å². The molecule has 4 rings (SSSR count). The van der Waals surface area contributed by atoms with E-state index in [-0.39, 0.29) is 11.4 Å². The summed E-state index contributed by atoms with van der Waals surface area (Å²) in [6, 6.07) is 10.0. The lowest BCUT2D eigenvalue weighted by Gasteiger charge is -2.44. The van der Waals surface area contributed by atoms with Gasteiger partial charge in [-0.25, -0.2) is 18.4 Å². The van der Waals surface area contributed by atoms with Gasteiger partial charge in [0.25, 0.3) is 0 Å². The van der Waals surface area contributed by atoms with E-state index in [1.165, 1.54) is 11.8 Å². The molecule has 7 heteroatoms. The van der Waals surface area contributed by atoms with Gasteiger partial charge in [-0.05, 0) is 24.8 Å². The fraction of sp³-hybridized carbons (Fsp3) is 0.500. The number of piperidine rings is 1.